The number of carbonyl (C=O) groups is 1. The molecule has 4 unspecified atom stereocenters. The molecule has 0 amide bonds. The Bertz CT molecular complexity index is 622. The highest BCUT2D eigenvalue weighted by Gasteiger charge is 2.59. The highest BCUT2D eigenvalue weighted by molar-refractivity contribution is 5.77. The van der Waals surface area contributed by atoms with Crippen LogP contribution in [0, 0.1) is 22.0 Å². The maximum absolute atomic E-state index is 12.6. The number of carbonyl (C=O) groups excluding carboxylic acids is 1. The maximum atomic E-state index is 12.6. The third-order valence-corrected chi connectivity index (χ3v) is 4.71. The van der Waals surface area contributed by atoms with Gasteiger partial charge in [0.25, 0.3) is 0 Å². The fourth-order valence-corrected chi connectivity index (χ4v) is 3.66. The van der Waals surface area contributed by atoms with Gasteiger partial charge in [-0.15, -0.1) is 0 Å². The van der Waals surface area contributed by atoms with Gasteiger partial charge in [-0.25, -0.2) is 0 Å². The van der Waals surface area contributed by atoms with Crippen LogP contribution in [0.4, 0.5) is 0 Å². The number of hydrogen-bond donors (Lipinski definition) is 1. The number of hydrogen-bond acceptors (Lipinski definition) is 5. The quantitative estimate of drug-likeness (QED) is 0.521. The molecule has 0 spiro atoms. The Labute approximate surface area is 141 Å². The smallest absolute Gasteiger partial charge is 0.324 e. The first-order chi connectivity index (χ1) is 11.3. The van der Waals surface area contributed by atoms with Gasteiger partial charge in [-0.05, 0) is 45.1 Å². The van der Waals surface area contributed by atoms with E-state index in [1.807, 2.05) is 51.1 Å². The van der Waals surface area contributed by atoms with Crippen LogP contribution in [0.25, 0.3) is 0 Å². The Morgan fingerprint density at radius 2 is 1.88 bits per heavy atom. The fraction of sp³-hybridized carbons (Fsp3) is 0.611. The van der Waals surface area contributed by atoms with E-state index < -0.39 is 23.7 Å². The van der Waals surface area contributed by atoms with Crippen molar-refractivity contribution in [3.8, 4) is 0 Å². The molecule has 2 fully saturated rings. The summed E-state index contributed by atoms with van der Waals surface area (Å²) in [7, 11) is 0. The van der Waals surface area contributed by atoms with Crippen LogP contribution in [0.5, 0.6) is 0 Å². The van der Waals surface area contributed by atoms with E-state index >= 15 is 0 Å². The zero-order chi connectivity index (χ0) is 17.5. The second kappa shape index (κ2) is 6.16. The fourth-order valence-electron chi connectivity index (χ4n) is 3.66. The third-order valence-electron chi connectivity index (χ3n) is 4.71. The number of benzene rings is 1. The molecule has 1 saturated heterocycles. The molecule has 1 heterocycles. The standard InChI is InChI=1S/C18H24N2O4/c1-18(2,3)24-17(21)15-13(11-9-10-11)16(20(22)23)14(19-15)12-7-5-4-6-8-12/h4-8,11,13-16,19H,9-10H2,1-3H3. The molecule has 24 heavy (non-hydrogen) atoms. The molecule has 3 rings (SSSR count). The van der Waals surface area contributed by atoms with Gasteiger partial charge < -0.3 is 4.74 Å². The first kappa shape index (κ1) is 16.9. The molecule has 1 N–H and O–H groups in total. The number of rotatable bonds is 4. The Morgan fingerprint density at radius 1 is 1.25 bits per heavy atom. The summed E-state index contributed by atoms with van der Waals surface area (Å²) in [5, 5.41) is 15.0. The van der Waals surface area contributed by atoms with Crippen molar-refractivity contribution < 1.29 is 14.5 Å². The lowest BCUT2D eigenvalue weighted by Gasteiger charge is -2.24. The van der Waals surface area contributed by atoms with Crippen LogP contribution in [0.15, 0.2) is 30.3 Å². The summed E-state index contributed by atoms with van der Waals surface area (Å²) < 4.78 is 5.52. The molecular weight excluding hydrogens is 308 g/mol. The normalized spacial score (nSPS) is 30.1. The minimum Gasteiger partial charge on any atom is -0.459 e. The molecule has 0 radical (unpaired) electrons. The van der Waals surface area contributed by atoms with Crippen molar-refractivity contribution in [1.82, 2.24) is 5.32 Å². The van der Waals surface area contributed by atoms with Gasteiger partial charge in [0.15, 0.2) is 0 Å². The first-order valence-corrected chi connectivity index (χ1v) is 8.45. The predicted octanol–water partition coefficient (Wildman–Crippen LogP) is 2.71. The van der Waals surface area contributed by atoms with Gasteiger partial charge in [0, 0.05) is 4.92 Å². The van der Waals surface area contributed by atoms with Crippen LogP contribution in [-0.4, -0.2) is 28.6 Å². The average molecular weight is 332 g/mol. The van der Waals surface area contributed by atoms with E-state index in [0.29, 0.717) is 0 Å². The van der Waals surface area contributed by atoms with Crippen LogP contribution in [-0.2, 0) is 9.53 Å². The second-order valence-electron chi connectivity index (χ2n) is 7.76. The zero-order valence-corrected chi connectivity index (χ0v) is 14.3. The Kier molecular flexibility index (Phi) is 4.34. The molecule has 1 aromatic rings. The monoisotopic (exact) mass is 332 g/mol. The van der Waals surface area contributed by atoms with Crippen molar-refractivity contribution in [2.75, 3.05) is 0 Å². The lowest BCUT2D eigenvalue weighted by Crippen LogP contribution is -2.42. The summed E-state index contributed by atoms with van der Waals surface area (Å²) >= 11 is 0. The number of nitro groups is 1. The summed E-state index contributed by atoms with van der Waals surface area (Å²) in [4.78, 5) is 24.2. The van der Waals surface area contributed by atoms with Crippen molar-refractivity contribution in [2.24, 2.45) is 11.8 Å². The van der Waals surface area contributed by atoms with Gasteiger partial charge in [0.05, 0.1) is 5.92 Å². The van der Waals surface area contributed by atoms with Crippen LogP contribution in [0.1, 0.15) is 45.2 Å². The van der Waals surface area contributed by atoms with E-state index in [1.54, 1.807) is 0 Å². The molecule has 0 bridgehead atoms. The van der Waals surface area contributed by atoms with Gasteiger partial charge in [0.1, 0.15) is 17.7 Å². The highest BCUT2D eigenvalue weighted by atomic mass is 16.6. The SMILES string of the molecule is CC(C)(C)OC(=O)C1NC(c2ccccc2)C([N+](=O)[O-])C1C1CC1. The lowest BCUT2D eigenvalue weighted by molar-refractivity contribution is -0.533. The largest absolute Gasteiger partial charge is 0.459 e. The number of nitrogens with zero attached hydrogens (tertiary/aromatic N) is 1. The van der Waals surface area contributed by atoms with Crippen molar-refractivity contribution >= 4 is 5.97 Å². The third kappa shape index (κ3) is 3.43. The average Bonchev–Trinajstić information content (AvgIpc) is 3.25. The van der Waals surface area contributed by atoms with E-state index in [4.69, 9.17) is 4.74 Å². The number of ether oxygens (including phenoxy) is 1. The molecule has 1 saturated carbocycles. The molecule has 2 aliphatic rings. The zero-order valence-electron chi connectivity index (χ0n) is 14.3. The van der Waals surface area contributed by atoms with Gasteiger partial charge >= 0.3 is 5.97 Å². The number of esters is 1. The van der Waals surface area contributed by atoms with Crippen LogP contribution < -0.4 is 5.32 Å². The van der Waals surface area contributed by atoms with E-state index in [2.05, 4.69) is 5.32 Å². The molecule has 130 valence electrons. The van der Waals surface area contributed by atoms with Gasteiger partial charge in [-0.3, -0.25) is 20.2 Å². The maximum Gasteiger partial charge on any atom is 0.324 e. The summed E-state index contributed by atoms with van der Waals surface area (Å²) in [6.07, 6.45) is 1.88. The summed E-state index contributed by atoms with van der Waals surface area (Å²) in [5.74, 6) is -0.483. The molecule has 4 atom stereocenters. The van der Waals surface area contributed by atoms with E-state index in [-0.39, 0.29) is 22.7 Å². The van der Waals surface area contributed by atoms with E-state index in [9.17, 15) is 14.9 Å². The molecule has 1 aliphatic carbocycles. The van der Waals surface area contributed by atoms with Crippen molar-refractivity contribution in [3.05, 3.63) is 46.0 Å². The second-order valence-corrected chi connectivity index (χ2v) is 7.76. The van der Waals surface area contributed by atoms with Crippen LogP contribution in [0.2, 0.25) is 0 Å². The Morgan fingerprint density at radius 3 is 2.38 bits per heavy atom. The Balaban J connectivity index is 1.92. The Hall–Kier alpha value is -1.95. The van der Waals surface area contributed by atoms with Crippen LogP contribution in [0.3, 0.4) is 0 Å². The molecule has 1 aliphatic heterocycles. The van der Waals surface area contributed by atoms with Gasteiger partial charge in [-0.2, -0.15) is 0 Å². The minimum atomic E-state index is -0.808. The lowest BCUT2D eigenvalue weighted by atomic mass is 9.87. The predicted molar refractivity (Wildman–Crippen MR) is 88.9 cm³/mol. The highest BCUT2D eigenvalue weighted by Crippen LogP contribution is 2.48. The van der Waals surface area contributed by atoms with Crippen LogP contribution >= 0.6 is 0 Å². The minimum absolute atomic E-state index is 0.221. The van der Waals surface area contributed by atoms with Gasteiger partial charge in [0.2, 0.25) is 6.04 Å². The van der Waals surface area contributed by atoms with Crippen molar-refractivity contribution in [1.29, 1.82) is 0 Å². The summed E-state index contributed by atoms with van der Waals surface area (Å²) in [6.45, 7) is 5.43. The van der Waals surface area contributed by atoms with E-state index in [1.165, 1.54) is 0 Å². The molecule has 6 heteroatoms. The molecule has 0 aromatic heterocycles. The number of nitrogens with one attached hydrogen (secondary N) is 1. The van der Waals surface area contributed by atoms with Crippen molar-refractivity contribution in [3.63, 3.8) is 0 Å². The first-order valence-electron chi connectivity index (χ1n) is 8.45. The molecule has 6 nitrogen and oxygen atoms in total. The van der Waals surface area contributed by atoms with Gasteiger partial charge in [-0.1, -0.05) is 30.3 Å². The molecular formula is C18H24N2O4. The van der Waals surface area contributed by atoms with E-state index in [0.717, 1.165) is 18.4 Å². The topological polar surface area (TPSA) is 81.5 Å². The molecule has 1 aromatic carbocycles. The van der Waals surface area contributed by atoms with Crippen molar-refractivity contribution in [2.45, 2.75) is 57.3 Å². The summed E-state index contributed by atoms with van der Waals surface area (Å²) in [6, 6.07) is 7.44. The summed E-state index contributed by atoms with van der Waals surface area (Å²) in [5.41, 5.74) is 0.234.